The van der Waals surface area contributed by atoms with Gasteiger partial charge in [0, 0.05) is 0 Å². The molecule has 1 fully saturated rings. The van der Waals surface area contributed by atoms with Crippen LogP contribution in [0.4, 0.5) is 0 Å². The second-order valence-electron chi connectivity index (χ2n) is 8.26. The number of hydrogen-bond donors (Lipinski definition) is 3. The van der Waals surface area contributed by atoms with Crippen molar-refractivity contribution in [2.24, 2.45) is 0 Å². The Morgan fingerprint density at radius 1 is 1.04 bits per heavy atom. The van der Waals surface area contributed by atoms with Gasteiger partial charge in [0.25, 0.3) is 0 Å². The Hall–Kier alpha value is -1.14. The molecule has 0 radical (unpaired) electrons. The minimum absolute atomic E-state index is 0.158. The molecule has 0 aromatic heterocycles. The number of aliphatic hydroxyl groups is 1. The highest BCUT2D eigenvalue weighted by Gasteiger charge is 2.22. The van der Waals surface area contributed by atoms with E-state index in [9.17, 15) is 5.11 Å². The van der Waals surface area contributed by atoms with Crippen molar-refractivity contribution in [3.05, 3.63) is 29.8 Å². The molecule has 0 amide bonds. The van der Waals surface area contributed by atoms with Gasteiger partial charge >= 0.3 is 0 Å². The second kappa shape index (κ2) is 9.53. The first kappa shape index (κ1) is 20.2. The van der Waals surface area contributed by atoms with Gasteiger partial charge in [-0.2, -0.15) is 0 Å². The molecule has 0 aliphatic carbocycles. The van der Waals surface area contributed by atoms with E-state index in [0.717, 1.165) is 25.4 Å². The van der Waals surface area contributed by atoms with Gasteiger partial charge in [-0.1, -0.05) is 32.9 Å². The lowest BCUT2D eigenvalue weighted by atomic mass is 9.87. The molecule has 25 heavy (non-hydrogen) atoms. The summed E-state index contributed by atoms with van der Waals surface area (Å²) < 4.78 is 11.3. The zero-order valence-electron chi connectivity index (χ0n) is 16.3. The zero-order chi connectivity index (χ0) is 18.3. The van der Waals surface area contributed by atoms with Crippen molar-refractivity contribution in [2.45, 2.75) is 32.3 Å². The van der Waals surface area contributed by atoms with E-state index in [-0.39, 0.29) is 11.5 Å². The first-order valence-electron chi connectivity index (χ1n) is 9.48. The van der Waals surface area contributed by atoms with E-state index < -0.39 is 0 Å². The van der Waals surface area contributed by atoms with Crippen LogP contribution in [-0.4, -0.2) is 70.8 Å². The zero-order valence-corrected chi connectivity index (χ0v) is 16.3. The van der Waals surface area contributed by atoms with Crippen molar-refractivity contribution in [3.63, 3.8) is 0 Å². The number of likely N-dealkylation sites (N-methyl/N-ethyl adjacent to an activating group) is 1. The third kappa shape index (κ3) is 7.32. The van der Waals surface area contributed by atoms with E-state index in [0.29, 0.717) is 19.8 Å². The first-order chi connectivity index (χ1) is 11.8. The Bertz CT molecular complexity index is 491. The maximum absolute atomic E-state index is 10.1. The Morgan fingerprint density at radius 3 is 2.28 bits per heavy atom. The fourth-order valence-corrected chi connectivity index (χ4v) is 3.12. The van der Waals surface area contributed by atoms with E-state index in [1.165, 1.54) is 23.6 Å². The summed E-state index contributed by atoms with van der Waals surface area (Å²) in [6.45, 7) is 13.4. The van der Waals surface area contributed by atoms with Gasteiger partial charge in [-0.25, -0.2) is 0 Å². The fraction of sp³-hybridized carbons (Fsp3) is 0.700. The third-order valence-electron chi connectivity index (χ3n) is 4.86. The van der Waals surface area contributed by atoms with Gasteiger partial charge < -0.3 is 24.4 Å². The highest BCUT2D eigenvalue weighted by atomic mass is 16.5. The van der Waals surface area contributed by atoms with Crippen LogP contribution in [0.15, 0.2) is 24.3 Å². The van der Waals surface area contributed by atoms with E-state index in [1.54, 1.807) is 4.90 Å². The maximum Gasteiger partial charge on any atom is 0.127 e. The van der Waals surface area contributed by atoms with Crippen molar-refractivity contribution in [2.75, 3.05) is 59.6 Å². The lowest BCUT2D eigenvalue weighted by molar-refractivity contribution is -1.00. The standard InChI is InChI=1S/C20H34N2O3/c1-20(2,3)17-5-7-19(8-6-17)25-14-13-24-16-18(23)15-22-11-9-21(4)10-12-22/h5-8,18,23H,9-16H2,1-4H3/p+2/t18-/m1/s1. The normalized spacial score (nSPS) is 22.6. The van der Waals surface area contributed by atoms with Gasteiger partial charge in [-0.15, -0.1) is 0 Å². The molecule has 2 rings (SSSR count). The fourth-order valence-electron chi connectivity index (χ4n) is 3.12. The number of nitrogens with one attached hydrogen (secondary N) is 2. The van der Waals surface area contributed by atoms with Crippen molar-refractivity contribution < 1.29 is 24.4 Å². The number of ether oxygens (including phenoxy) is 2. The molecule has 1 aromatic rings. The molecule has 0 saturated carbocycles. The topological polar surface area (TPSA) is 47.6 Å². The Morgan fingerprint density at radius 2 is 1.68 bits per heavy atom. The van der Waals surface area contributed by atoms with Crippen LogP contribution < -0.4 is 14.5 Å². The van der Waals surface area contributed by atoms with Crippen molar-refractivity contribution in [1.29, 1.82) is 0 Å². The second-order valence-corrected chi connectivity index (χ2v) is 8.26. The van der Waals surface area contributed by atoms with Gasteiger partial charge in [0.1, 0.15) is 51.2 Å². The average Bonchev–Trinajstić information content (AvgIpc) is 2.56. The molecule has 1 atom stereocenters. The number of quaternary nitrogens is 2. The Labute approximate surface area is 152 Å². The summed E-state index contributed by atoms with van der Waals surface area (Å²) in [4.78, 5) is 3.07. The summed E-state index contributed by atoms with van der Waals surface area (Å²) in [6.07, 6.45) is -0.389. The van der Waals surface area contributed by atoms with Gasteiger partial charge in [0.05, 0.1) is 20.3 Å². The van der Waals surface area contributed by atoms with Crippen LogP contribution in [0.3, 0.4) is 0 Å². The third-order valence-corrected chi connectivity index (χ3v) is 4.86. The van der Waals surface area contributed by atoms with E-state index in [2.05, 4.69) is 40.0 Å². The SMILES string of the molecule is C[NH+]1CC[NH+](C[C@@H](O)COCCOc2ccc(C(C)(C)C)cc2)CC1. The van der Waals surface area contributed by atoms with Gasteiger partial charge in [-0.05, 0) is 23.1 Å². The molecule has 1 aromatic carbocycles. The first-order valence-corrected chi connectivity index (χ1v) is 9.48. The Kier molecular flexibility index (Phi) is 7.69. The summed E-state index contributed by atoms with van der Waals surface area (Å²) in [5, 5.41) is 10.1. The molecule has 3 N–H and O–H groups in total. The van der Waals surface area contributed by atoms with Crippen molar-refractivity contribution >= 4 is 0 Å². The highest BCUT2D eigenvalue weighted by molar-refractivity contribution is 5.31. The minimum atomic E-state index is -0.389. The number of aliphatic hydroxyl groups excluding tert-OH is 1. The monoisotopic (exact) mass is 352 g/mol. The number of hydrogen-bond acceptors (Lipinski definition) is 3. The average molecular weight is 353 g/mol. The summed E-state index contributed by atoms with van der Waals surface area (Å²) in [5.74, 6) is 0.863. The van der Waals surface area contributed by atoms with Crippen LogP contribution in [-0.2, 0) is 10.2 Å². The number of benzene rings is 1. The quantitative estimate of drug-likeness (QED) is 0.535. The smallest absolute Gasteiger partial charge is 0.127 e. The molecule has 0 bridgehead atoms. The maximum atomic E-state index is 10.1. The minimum Gasteiger partial charge on any atom is -0.491 e. The van der Waals surface area contributed by atoms with Gasteiger partial charge in [0.2, 0.25) is 0 Å². The lowest BCUT2D eigenvalue weighted by Crippen LogP contribution is -3.27. The molecule has 0 unspecified atom stereocenters. The van der Waals surface area contributed by atoms with Crippen LogP contribution in [0, 0.1) is 0 Å². The molecule has 1 aliphatic rings. The Balaban J connectivity index is 1.57. The molecule has 5 nitrogen and oxygen atoms in total. The van der Waals surface area contributed by atoms with Crippen LogP contribution in [0.5, 0.6) is 5.75 Å². The van der Waals surface area contributed by atoms with Crippen molar-refractivity contribution in [1.82, 2.24) is 0 Å². The predicted molar refractivity (Wildman–Crippen MR) is 99.6 cm³/mol. The van der Waals surface area contributed by atoms with Crippen LogP contribution in [0.1, 0.15) is 26.3 Å². The van der Waals surface area contributed by atoms with Crippen LogP contribution in [0.2, 0.25) is 0 Å². The molecule has 142 valence electrons. The predicted octanol–water partition coefficient (Wildman–Crippen LogP) is -0.846. The number of rotatable bonds is 8. The van der Waals surface area contributed by atoms with E-state index in [1.807, 2.05) is 12.1 Å². The van der Waals surface area contributed by atoms with Crippen LogP contribution in [0.25, 0.3) is 0 Å². The summed E-state index contributed by atoms with van der Waals surface area (Å²) in [7, 11) is 2.23. The lowest BCUT2D eigenvalue weighted by Gasteiger charge is -2.28. The molecule has 5 heteroatoms. The summed E-state index contributed by atoms with van der Waals surface area (Å²) in [6, 6.07) is 8.24. The van der Waals surface area contributed by atoms with Crippen LogP contribution >= 0.6 is 0 Å². The van der Waals surface area contributed by atoms with Crippen molar-refractivity contribution in [3.8, 4) is 5.75 Å². The van der Waals surface area contributed by atoms with Gasteiger partial charge in [-0.3, -0.25) is 0 Å². The highest BCUT2D eigenvalue weighted by Crippen LogP contribution is 2.24. The molecule has 1 aliphatic heterocycles. The molecule has 1 heterocycles. The summed E-state index contributed by atoms with van der Waals surface area (Å²) >= 11 is 0. The number of piperazine rings is 1. The molecular formula is C20H36N2O3+2. The largest absolute Gasteiger partial charge is 0.491 e. The molecule has 0 spiro atoms. The van der Waals surface area contributed by atoms with E-state index >= 15 is 0 Å². The molecule has 1 saturated heterocycles. The van der Waals surface area contributed by atoms with E-state index in [4.69, 9.17) is 9.47 Å². The van der Waals surface area contributed by atoms with Gasteiger partial charge in [0.15, 0.2) is 0 Å². The summed E-state index contributed by atoms with van der Waals surface area (Å²) in [5.41, 5.74) is 1.46. The molecular weight excluding hydrogens is 316 g/mol.